The lowest BCUT2D eigenvalue weighted by atomic mass is 10.1. The van der Waals surface area contributed by atoms with Gasteiger partial charge in [-0.1, -0.05) is 17.8 Å². The van der Waals surface area contributed by atoms with Gasteiger partial charge in [0.1, 0.15) is 5.03 Å². The Balaban J connectivity index is 1.75. The van der Waals surface area contributed by atoms with E-state index in [4.69, 9.17) is 4.74 Å². The standard InChI is InChI=1S/C20H24N2O2S/c1-13-8-9-16(12-14(13)2)25-20-17(6-4-10-21-20)19(23)22-15(3)18-7-5-11-24-18/h4,6,8-10,12,15,18H,5,7,11H2,1-3H3,(H,22,23)/t15-,18+/m0/s1. The molecule has 0 bridgehead atoms. The van der Waals surface area contributed by atoms with Crippen LogP contribution in [0.1, 0.15) is 41.3 Å². The molecule has 2 atom stereocenters. The van der Waals surface area contributed by atoms with E-state index in [0.29, 0.717) is 5.56 Å². The van der Waals surface area contributed by atoms with Crippen LogP contribution in [-0.2, 0) is 4.74 Å². The van der Waals surface area contributed by atoms with E-state index >= 15 is 0 Å². The molecule has 1 N–H and O–H groups in total. The van der Waals surface area contributed by atoms with Crippen molar-refractivity contribution in [2.45, 2.75) is 55.7 Å². The van der Waals surface area contributed by atoms with E-state index in [9.17, 15) is 4.79 Å². The van der Waals surface area contributed by atoms with Crippen molar-refractivity contribution in [1.29, 1.82) is 0 Å². The number of amides is 1. The fraction of sp³-hybridized carbons (Fsp3) is 0.400. The Hall–Kier alpha value is -1.85. The number of ether oxygens (including phenoxy) is 1. The number of benzene rings is 1. The number of pyridine rings is 1. The normalized spacial score (nSPS) is 18.1. The molecule has 0 unspecified atom stereocenters. The minimum absolute atomic E-state index is 0.00493. The molecule has 2 aromatic rings. The van der Waals surface area contributed by atoms with Crippen LogP contribution in [0.2, 0.25) is 0 Å². The Morgan fingerprint density at radius 1 is 1.32 bits per heavy atom. The highest BCUT2D eigenvalue weighted by atomic mass is 32.2. The zero-order chi connectivity index (χ0) is 17.8. The van der Waals surface area contributed by atoms with Crippen LogP contribution in [0.25, 0.3) is 0 Å². The van der Waals surface area contributed by atoms with E-state index in [2.05, 4.69) is 42.3 Å². The van der Waals surface area contributed by atoms with Gasteiger partial charge in [0.05, 0.1) is 17.7 Å². The fourth-order valence-electron chi connectivity index (χ4n) is 2.91. The van der Waals surface area contributed by atoms with Crippen molar-refractivity contribution < 1.29 is 9.53 Å². The van der Waals surface area contributed by atoms with Crippen LogP contribution in [-0.4, -0.2) is 29.6 Å². The molecule has 1 amide bonds. The Bertz CT molecular complexity index is 757. The van der Waals surface area contributed by atoms with Crippen molar-refractivity contribution in [2.75, 3.05) is 6.61 Å². The monoisotopic (exact) mass is 356 g/mol. The molecule has 1 saturated heterocycles. The van der Waals surface area contributed by atoms with Gasteiger partial charge in [0, 0.05) is 17.7 Å². The van der Waals surface area contributed by atoms with Crippen molar-refractivity contribution in [3.8, 4) is 0 Å². The summed E-state index contributed by atoms with van der Waals surface area (Å²) in [5.74, 6) is -0.0950. The van der Waals surface area contributed by atoms with Crippen LogP contribution in [0.4, 0.5) is 0 Å². The quantitative estimate of drug-likeness (QED) is 0.874. The molecule has 0 spiro atoms. The second-order valence-electron chi connectivity index (χ2n) is 6.52. The number of carbonyl (C=O) groups excluding carboxylic acids is 1. The summed E-state index contributed by atoms with van der Waals surface area (Å²) in [6.07, 6.45) is 3.89. The van der Waals surface area contributed by atoms with Crippen LogP contribution in [0.3, 0.4) is 0 Å². The first kappa shape index (κ1) is 18.0. The number of aromatic nitrogens is 1. The molecule has 1 aliphatic heterocycles. The average molecular weight is 356 g/mol. The molecule has 1 aromatic carbocycles. The second-order valence-corrected chi connectivity index (χ2v) is 7.58. The molecule has 0 radical (unpaired) electrons. The first-order chi connectivity index (χ1) is 12.0. The smallest absolute Gasteiger partial charge is 0.254 e. The van der Waals surface area contributed by atoms with Gasteiger partial charge in [-0.25, -0.2) is 4.98 Å². The SMILES string of the molecule is Cc1ccc(Sc2ncccc2C(=O)N[C@@H](C)[C@H]2CCCO2)cc1C. The van der Waals surface area contributed by atoms with E-state index in [0.717, 1.165) is 29.4 Å². The van der Waals surface area contributed by atoms with Crippen molar-refractivity contribution in [1.82, 2.24) is 10.3 Å². The van der Waals surface area contributed by atoms with Crippen LogP contribution >= 0.6 is 11.8 Å². The summed E-state index contributed by atoms with van der Waals surface area (Å²) in [6.45, 7) is 6.97. The molecular weight excluding hydrogens is 332 g/mol. The van der Waals surface area contributed by atoms with Gasteiger partial charge in [-0.05, 0) is 69.0 Å². The third-order valence-electron chi connectivity index (χ3n) is 4.59. The summed E-state index contributed by atoms with van der Waals surface area (Å²) < 4.78 is 5.67. The third-order valence-corrected chi connectivity index (χ3v) is 5.60. The van der Waals surface area contributed by atoms with Crippen LogP contribution in [0.5, 0.6) is 0 Å². The summed E-state index contributed by atoms with van der Waals surface area (Å²) in [7, 11) is 0. The number of hydrogen-bond donors (Lipinski definition) is 1. The Morgan fingerprint density at radius 3 is 2.88 bits per heavy atom. The van der Waals surface area contributed by atoms with E-state index in [1.165, 1.54) is 22.9 Å². The van der Waals surface area contributed by atoms with Crippen LogP contribution < -0.4 is 5.32 Å². The predicted molar refractivity (Wildman–Crippen MR) is 100 cm³/mol. The van der Waals surface area contributed by atoms with E-state index in [-0.39, 0.29) is 18.1 Å². The highest BCUT2D eigenvalue weighted by Crippen LogP contribution is 2.30. The first-order valence-electron chi connectivity index (χ1n) is 8.67. The van der Waals surface area contributed by atoms with E-state index in [1.54, 1.807) is 12.3 Å². The first-order valence-corrected chi connectivity index (χ1v) is 9.49. The number of aryl methyl sites for hydroxylation is 2. The number of carbonyl (C=O) groups is 1. The number of nitrogens with zero attached hydrogens (tertiary/aromatic N) is 1. The zero-order valence-corrected chi connectivity index (χ0v) is 15.7. The Labute approximate surface area is 153 Å². The van der Waals surface area contributed by atoms with Gasteiger partial charge in [0.15, 0.2) is 0 Å². The lowest BCUT2D eigenvalue weighted by molar-refractivity contribution is 0.0710. The Morgan fingerprint density at radius 2 is 2.16 bits per heavy atom. The zero-order valence-electron chi connectivity index (χ0n) is 14.9. The molecule has 0 aliphatic carbocycles. The number of nitrogens with one attached hydrogen (secondary N) is 1. The predicted octanol–water partition coefficient (Wildman–Crippen LogP) is 4.15. The highest BCUT2D eigenvalue weighted by Gasteiger charge is 2.25. The summed E-state index contributed by atoms with van der Waals surface area (Å²) >= 11 is 1.52. The van der Waals surface area contributed by atoms with Crippen molar-refractivity contribution >= 4 is 17.7 Å². The van der Waals surface area contributed by atoms with Gasteiger partial charge in [-0.15, -0.1) is 0 Å². The highest BCUT2D eigenvalue weighted by molar-refractivity contribution is 7.99. The summed E-state index contributed by atoms with van der Waals surface area (Å²) in [4.78, 5) is 18.2. The third kappa shape index (κ3) is 4.41. The number of rotatable bonds is 5. The van der Waals surface area contributed by atoms with Gasteiger partial charge in [-0.2, -0.15) is 0 Å². The Kier molecular flexibility index (Phi) is 5.76. The summed E-state index contributed by atoms with van der Waals surface area (Å²) in [5, 5.41) is 3.79. The maximum atomic E-state index is 12.7. The van der Waals surface area contributed by atoms with Gasteiger partial charge < -0.3 is 10.1 Å². The summed E-state index contributed by atoms with van der Waals surface area (Å²) in [6, 6.07) is 9.92. The number of hydrogen-bond acceptors (Lipinski definition) is 4. The molecule has 1 fully saturated rings. The van der Waals surface area contributed by atoms with Crippen molar-refractivity contribution in [3.05, 3.63) is 53.2 Å². The molecule has 1 aliphatic rings. The maximum absolute atomic E-state index is 12.7. The minimum Gasteiger partial charge on any atom is -0.376 e. The van der Waals surface area contributed by atoms with Crippen molar-refractivity contribution in [3.63, 3.8) is 0 Å². The lowest BCUT2D eigenvalue weighted by Gasteiger charge is -2.20. The molecule has 132 valence electrons. The van der Waals surface area contributed by atoms with Crippen LogP contribution in [0, 0.1) is 13.8 Å². The van der Waals surface area contributed by atoms with Gasteiger partial charge in [0.2, 0.25) is 0 Å². The van der Waals surface area contributed by atoms with E-state index < -0.39 is 0 Å². The summed E-state index contributed by atoms with van der Waals surface area (Å²) in [5.41, 5.74) is 3.10. The minimum atomic E-state index is -0.0950. The van der Waals surface area contributed by atoms with E-state index in [1.807, 2.05) is 13.0 Å². The molecule has 25 heavy (non-hydrogen) atoms. The molecule has 0 saturated carbocycles. The molecule has 5 heteroatoms. The molecule has 4 nitrogen and oxygen atoms in total. The molecule has 3 rings (SSSR count). The van der Waals surface area contributed by atoms with Gasteiger partial charge >= 0.3 is 0 Å². The molecular formula is C20H24N2O2S. The molecule has 2 heterocycles. The van der Waals surface area contributed by atoms with Crippen molar-refractivity contribution in [2.24, 2.45) is 0 Å². The molecule has 1 aromatic heterocycles. The second kappa shape index (κ2) is 8.02. The maximum Gasteiger partial charge on any atom is 0.254 e. The average Bonchev–Trinajstić information content (AvgIpc) is 3.13. The topological polar surface area (TPSA) is 51.2 Å². The largest absolute Gasteiger partial charge is 0.376 e. The van der Waals surface area contributed by atoms with Gasteiger partial charge in [-0.3, -0.25) is 4.79 Å². The lowest BCUT2D eigenvalue weighted by Crippen LogP contribution is -2.41. The van der Waals surface area contributed by atoms with Gasteiger partial charge in [0.25, 0.3) is 5.91 Å². The van der Waals surface area contributed by atoms with Crippen LogP contribution in [0.15, 0.2) is 46.5 Å². The fourth-order valence-corrected chi connectivity index (χ4v) is 3.89.